The average molecular weight is 156 g/mol. The van der Waals surface area contributed by atoms with Crippen molar-refractivity contribution in [2.45, 2.75) is 39.2 Å². The molecule has 1 fully saturated rings. The van der Waals surface area contributed by atoms with Crippen LogP contribution in [0.15, 0.2) is 0 Å². The molecule has 0 saturated heterocycles. The van der Waals surface area contributed by atoms with Crippen molar-refractivity contribution in [1.29, 1.82) is 0 Å². The molecule has 1 rings (SSSR count). The second-order valence-corrected chi connectivity index (χ2v) is 4.28. The lowest BCUT2D eigenvalue weighted by molar-refractivity contribution is 0.223. The molecule has 2 heteroatoms. The summed E-state index contributed by atoms with van der Waals surface area (Å²) in [6.45, 7) is 5.34. The lowest BCUT2D eigenvalue weighted by Gasteiger charge is -2.30. The Balaban J connectivity index is 2.55. The fraction of sp³-hybridized carbons (Fsp3) is 1.00. The highest BCUT2D eigenvalue weighted by atomic mass is 14.7. The molecule has 4 N–H and O–H groups in total. The Morgan fingerprint density at radius 3 is 2.36 bits per heavy atom. The van der Waals surface area contributed by atoms with Crippen LogP contribution in [0.25, 0.3) is 0 Å². The zero-order valence-corrected chi connectivity index (χ0v) is 7.64. The molecule has 0 amide bonds. The van der Waals surface area contributed by atoms with Crippen molar-refractivity contribution in [2.24, 2.45) is 22.8 Å². The van der Waals surface area contributed by atoms with Gasteiger partial charge in [-0.2, -0.15) is 0 Å². The molecule has 0 bridgehead atoms. The molecule has 11 heavy (non-hydrogen) atoms. The minimum atomic E-state index is 0.319. The fourth-order valence-corrected chi connectivity index (χ4v) is 2.15. The highest BCUT2D eigenvalue weighted by molar-refractivity contribution is 4.94. The highest BCUT2D eigenvalue weighted by Gasteiger charge is 2.39. The Morgan fingerprint density at radius 1 is 1.36 bits per heavy atom. The number of rotatable bonds is 2. The third-order valence-electron chi connectivity index (χ3n) is 3.35. The van der Waals surface area contributed by atoms with Gasteiger partial charge < -0.3 is 11.5 Å². The zero-order valence-electron chi connectivity index (χ0n) is 7.64. The maximum absolute atomic E-state index is 5.99. The molecule has 0 radical (unpaired) electrons. The Bertz CT molecular complexity index is 130. The Morgan fingerprint density at radius 2 is 2.00 bits per heavy atom. The van der Waals surface area contributed by atoms with E-state index in [-0.39, 0.29) is 0 Å². The third kappa shape index (κ3) is 1.57. The normalized spacial score (nSPS) is 36.0. The summed E-state index contributed by atoms with van der Waals surface area (Å²) in [7, 11) is 0. The first-order valence-corrected chi connectivity index (χ1v) is 4.54. The molecule has 2 nitrogen and oxygen atoms in total. The van der Waals surface area contributed by atoms with Crippen molar-refractivity contribution in [3.8, 4) is 0 Å². The van der Waals surface area contributed by atoms with Crippen LogP contribution in [-0.4, -0.2) is 12.6 Å². The van der Waals surface area contributed by atoms with Crippen molar-refractivity contribution in [3.05, 3.63) is 0 Å². The number of nitrogens with two attached hydrogens (primary N) is 2. The predicted octanol–water partition coefficient (Wildman–Crippen LogP) is 1.10. The number of hydrogen-bond donors (Lipinski definition) is 2. The monoisotopic (exact) mass is 156 g/mol. The smallest absolute Gasteiger partial charge is 0.00930 e. The van der Waals surface area contributed by atoms with Crippen LogP contribution in [0.1, 0.15) is 33.1 Å². The molecular weight excluding hydrogens is 136 g/mol. The topological polar surface area (TPSA) is 52.0 Å². The Labute approximate surface area is 69.3 Å². The van der Waals surface area contributed by atoms with Gasteiger partial charge in [0.25, 0.3) is 0 Å². The fourth-order valence-electron chi connectivity index (χ4n) is 2.15. The predicted molar refractivity (Wildman–Crippen MR) is 48.2 cm³/mol. The van der Waals surface area contributed by atoms with Crippen molar-refractivity contribution in [3.63, 3.8) is 0 Å². The van der Waals surface area contributed by atoms with E-state index in [2.05, 4.69) is 13.8 Å². The van der Waals surface area contributed by atoms with Gasteiger partial charge in [-0.1, -0.05) is 13.8 Å². The average Bonchev–Trinajstić information content (AvgIpc) is 2.16. The molecule has 0 aromatic rings. The van der Waals surface area contributed by atoms with E-state index >= 15 is 0 Å². The van der Waals surface area contributed by atoms with Gasteiger partial charge in [-0.25, -0.2) is 0 Å². The molecule has 0 unspecified atom stereocenters. The molecule has 1 saturated carbocycles. The molecule has 66 valence electrons. The maximum atomic E-state index is 5.99. The summed E-state index contributed by atoms with van der Waals surface area (Å²) < 4.78 is 0. The summed E-state index contributed by atoms with van der Waals surface area (Å²) >= 11 is 0. The molecule has 0 aromatic heterocycles. The standard InChI is InChI=1S/C9H20N2/c1-9(2)7(5-6-10)3-4-8(9)11/h7-8H,3-6,10-11H2,1-2H3/t7-,8+/m1/s1. The second kappa shape index (κ2) is 3.11. The van der Waals surface area contributed by atoms with E-state index in [1.54, 1.807) is 0 Å². The van der Waals surface area contributed by atoms with Crippen molar-refractivity contribution in [2.75, 3.05) is 6.54 Å². The Hall–Kier alpha value is -0.0800. The zero-order chi connectivity index (χ0) is 8.48. The molecular formula is C9H20N2. The largest absolute Gasteiger partial charge is 0.330 e. The van der Waals surface area contributed by atoms with Gasteiger partial charge in [0.1, 0.15) is 0 Å². The van der Waals surface area contributed by atoms with Gasteiger partial charge in [0.2, 0.25) is 0 Å². The van der Waals surface area contributed by atoms with E-state index in [1.165, 1.54) is 12.8 Å². The summed E-state index contributed by atoms with van der Waals surface area (Å²) in [6, 6.07) is 0.388. The van der Waals surface area contributed by atoms with Gasteiger partial charge in [0.15, 0.2) is 0 Å². The van der Waals surface area contributed by atoms with Crippen LogP contribution in [0.3, 0.4) is 0 Å². The van der Waals surface area contributed by atoms with Crippen LogP contribution >= 0.6 is 0 Å². The first kappa shape index (κ1) is 9.01. The molecule has 1 aliphatic rings. The molecule has 1 aliphatic carbocycles. The number of hydrogen-bond acceptors (Lipinski definition) is 2. The van der Waals surface area contributed by atoms with E-state index in [4.69, 9.17) is 11.5 Å². The molecule has 2 atom stereocenters. The summed E-state index contributed by atoms with van der Waals surface area (Å²) in [5.74, 6) is 0.752. The highest BCUT2D eigenvalue weighted by Crippen LogP contribution is 2.43. The molecule has 0 aliphatic heterocycles. The summed E-state index contributed by atoms with van der Waals surface area (Å²) in [4.78, 5) is 0. The van der Waals surface area contributed by atoms with Crippen LogP contribution in [0.2, 0.25) is 0 Å². The third-order valence-corrected chi connectivity index (χ3v) is 3.35. The van der Waals surface area contributed by atoms with E-state index in [0.717, 1.165) is 18.9 Å². The van der Waals surface area contributed by atoms with Gasteiger partial charge in [-0.3, -0.25) is 0 Å². The lowest BCUT2D eigenvalue weighted by Crippen LogP contribution is -2.36. The van der Waals surface area contributed by atoms with Crippen LogP contribution in [0.5, 0.6) is 0 Å². The minimum absolute atomic E-state index is 0.319. The van der Waals surface area contributed by atoms with E-state index < -0.39 is 0 Å². The van der Waals surface area contributed by atoms with E-state index in [1.807, 2.05) is 0 Å². The van der Waals surface area contributed by atoms with E-state index in [9.17, 15) is 0 Å². The molecule has 0 aromatic carbocycles. The Kier molecular flexibility index (Phi) is 2.55. The van der Waals surface area contributed by atoms with Gasteiger partial charge in [-0.05, 0) is 37.1 Å². The first-order valence-electron chi connectivity index (χ1n) is 4.54. The second-order valence-electron chi connectivity index (χ2n) is 4.28. The quantitative estimate of drug-likeness (QED) is 0.629. The van der Waals surface area contributed by atoms with Gasteiger partial charge in [-0.15, -0.1) is 0 Å². The van der Waals surface area contributed by atoms with Crippen molar-refractivity contribution >= 4 is 0 Å². The van der Waals surface area contributed by atoms with Crippen molar-refractivity contribution < 1.29 is 0 Å². The van der Waals surface area contributed by atoms with Crippen LogP contribution < -0.4 is 11.5 Å². The maximum Gasteiger partial charge on any atom is 0.00930 e. The summed E-state index contributed by atoms with van der Waals surface area (Å²) in [6.07, 6.45) is 3.59. The first-order chi connectivity index (χ1) is 5.09. The minimum Gasteiger partial charge on any atom is -0.330 e. The summed E-state index contributed by atoms with van der Waals surface area (Å²) in [5, 5.41) is 0. The van der Waals surface area contributed by atoms with Gasteiger partial charge in [0, 0.05) is 6.04 Å². The van der Waals surface area contributed by atoms with Crippen molar-refractivity contribution in [1.82, 2.24) is 0 Å². The molecule has 0 spiro atoms. The van der Waals surface area contributed by atoms with Gasteiger partial charge in [0.05, 0.1) is 0 Å². The SMILES string of the molecule is CC1(C)[C@@H](CCN)CC[C@@H]1N. The summed E-state index contributed by atoms with van der Waals surface area (Å²) in [5.41, 5.74) is 11.8. The van der Waals surface area contributed by atoms with Crippen LogP contribution in [-0.2, 0) is 0 Å². The molecule has 0 heterocycles. The van der Waals surface area contributed by atoms with Crippen LogP contribution in [0.4, 0.5) is 0 Å². The van der Waals surface area contributed by atoms with E-state index in [0.29, 0.717) is 11.5 Å². The lowest BCUT2D eigenvalue weighted by atomic mass is 9.78. The van der Waals surface area contributed by atoms with Crippen LogP contribution in [0, 0.1) is 11.3 Å². The van der Waals surface area contributed by atoms with Gasteiger partial charge >= 0.3 is 0 Å².